The Morgan fingerprint density at radius 1 is 1.17 bits per heavy atom. The standard InChI is InChI=1S/C18H24N4O2/c1-14-11-15(2)22(19-14)13-18(23)21-9-7-20(8-10-21)16-5-4-6-17(12-16)24-3/h4-6,11-12H,7-10,13H2,1-3H3. The van der Waals surface area contributed by atoms with Crippen molar-refractivity contribution in [2.75, 3.05) is 38.2 Å². The van der Waals surface area contributed by atoms with E-state index in [2.05, 4.69) is 16.1 Å². The number of carbonyl (C=O) groups is 1. The number of benzene rings is 1. The number of nitrogens with zero attached hydrogens (tertiary/aromatic N) is 4. The van der Waals surface area contributed by atoms with Crippen molar-refractivity contribution in [1.82, 2.24) is 14.7 Å². The van der Waals surface area contributed by atoms with Crippen molar-refractivity contribution in [1.29, 1.82) is 0 Å². The fourth-order valence-electron chi connectivity index (χ4n) is 3.08. The van der Waals surface area contributed by atoms with Crippen molar-refractivity contribution < 1.29 is 9.53 Å². The summed E-state index contributed by atoms with van der Waals surface area (Å²) >= 11 is 0. The second kappa shape index (κ2) is 6.95. The fraction of sp³-hybridized carbons (Fsp3) is 0.444. The molecule has 2 heterocycles. The monoisotopic (exact) mass is 328 g/mol. The quantitative estimate of drug-likeness (QED) is 0.860. The van der Waals surface area contributed by atoms with Crippen molar-refractivity contribution in [2.24, 2.45) is 0 Å². The number of amides is 1. The lowest BCUT2D eigenvalue weighted by atomic mass is 10.2. The fourth-order valence-corrected chi connectivity index (χ4v) is 3.08. The van der Waals surface area contributed by atoms with E-state index in [1.54, 1.807) is 11.8 Å². The molecule has 0 spiro atoms. The molecule has 0 bridgehead atoms. The van der Waals surface area contributed by atoms with Gasteiger partial charge in [0.25, 0.3) is 0 Å². The lowest BCUT2D eigenvalue weighted by Crippen LogP contribution is -2.49. The predicted molar refractivity (Wildman–Crippen MR) is 93.5 cm³/mol. The number of ether oxygens (including phenoxy) is 1. The molecule has 0 radical (unpaired) electrons. The highest BCUT2D eigenvalue weighted by atomic mass is 16.5. The number of aromatic nitrogens is 2. The minimum Gasteiger partial charge on any atom is -0.497 e. The molecular weight excluding hydrogens is 304 g/mol. The zero-order valence-corrected chi connectivity index (χ0v) is 14.5. The van der Waals surface area contributed by atoms with Gasteiger partial charge >= 0.3 is 0 Å². The van der Waals surface area contributed by atoms with Gasteiger partial charge in [-0.1, -0.05) is 6.07 Å². The van der Waals surface area contributed by atoms with Gasteiger partial charge in [-0.15, -0.1) is 0 Å². The number of piperazine rings is 1. The van der Waals surface area contributed by atoms with Crippen LogP contribution in [0.3, 0.4) is 0 Å². The first-order valence-electron chi connectivity index (χ1n) is 8.24. The maximum absolute atomic E-state index is 12.5. The van der Waals surface area contributed by atoms with Crippen LogP contribution in [0.1, 0.15) is 11.4 Å². The Bertz CT molecular complexity index is 718. The van der Waals surface area contributed by atoms with Crippen molar-refractivity contribution in [3.05, 3.63) is 41.7 Å². The van der Waals surface area contributed by atoms with Crippen LogP contribution < -0.4 is 9.64 Å². The van der Waals surface area contributed by atoms with Gasteiger partial charge in [-0.25, -0.2) is 0 Å². The Labute approximate surface area is 142 Å². The number of anilines is 1. The van der Waals surface area contributed by atoms with E-state index < -0.39 is 0 Å². The second-order valence-corrected chi connectivity index (χ2v) is 6.15. The summed E-state index contributed by atoms with van der Waals surface area (Å²) in [5, 5.41) is 4.37. The minimum absolute atomic E-state index is 0.131. The van der Waals surface area contributed by atoms with Crippen molar-refractivity contribution in [2.45, 2.75) is 20.4 Å². The molecule has 24 heavy (non-hydrogen) atoms. The number of hydrogen-bond donors (Lipinski definition) is 0. The average Bonchev–Trinajstić information content (AvgIpc) is 2.92. The van der Waals surface area contributed by atoms with Gasteiger partial charge in [0.05, 0.1) is 12.8 Å². The Morgan fingerprint density at radius 2 is 1.92 bits per heavy atom. The van der Waals surface area contributed by atoms with E-state index in [1.807, 2.05) is 43.0 Å². The number of methoxy groups -OCH3 is 1. The van der Waals surface area contributed by atoms with E-state index in [0.717, 1.165) is 49.0 Å². The lowest BCUT2D eigenvalue weighted by molar-refractivity contribution is -0.132. The van der Waals surface area contributed by atoms with E-state index in [1.165, 1.54) is 0 Å². The maximum Gasteiger partial charge on any atom is 0.244 e. The van der Waals surface area contributed by atoms with Crippen LogP contribution in [0.15, 0.2) is 30.3 Å². The van der Waals surface area contributed by atoms with E-state index in [-0.39, 0.29) is 5.91 Å². The topological polar surface area (TPSA) is 50.6 Å². The molecule has 0 atom stereocenters. The number of aryl methyl sites for hydroxylation is 2. The molecule has 1 saturated heterocycles. The first kappa shape index (κ1) is 16.4. The highest BCUT2D eigenvalue weighted by Crippen LogP contribution is 2.22. The van der Waals surface area contributed by atoms with Crippen LogP contribution in [0.5, 0.6) is 5.75 Å². The van der Waals surface area contributed by atoms with Crippen LogP contribution in [0.2, 0.25) is 0 Å². The van der Waals surface area contributed by atoms with Crippen LogP contribution in [-0.4, -0.2) is 53.9 Å². The Hall–Kier alpha value is -2.50. The summed E-state index contributed by atoms with van der Waals surface area (Å²) in [6.45, 7) is 7.37. The predicted octanol–water partition coefficient (Wildman–Crippen LogP) is 1.86. The summed E-state index contributed by atoms with van der Waals surface area (Å²) in [5.74, 6) is 0.988. The van der Waals surface area contributed by atoms with Gasteiger partial charge in [-0.3, -0.25) is 9.48 Å². The van der Waals surface area contributed by atoms with Gasteiger partial charge < -0.3 is 14.5 Å². The third-order valence-corrected chi connectivity index (χ3v) is 4.44. The van der Waals surface area contributed by atoms with Crippen LogP contribution in [0.25, 0.3) is 0 Å². The van der Waals surface area contributed by atoms with Crippen molar-refractivity contribution in [3.63, 3.8) is 0 Å². The summed E-state index contributed by atoms with van der Waals surface area (Å²) < 4.78 is 7.07. The molecule has 0 N–H and O–H groups in total. The number of carbonyl (C=O) groups excluding carboxylic acids is 1. The molecule has 0 aliphatic carbocycles. The normalized spacial score (nSPS) is 14.8. The van der Waals surface area contributed by atoms with Crippen LogP contribution in [-0.2, 0) is 11.3 Å². The molecule has 1 aromatic heterocycles. The summed E-state index contributed by atoms with van der Waals surface area (Å²) in [4.78, 5) is 16.7. The molecule has 0 unspecified atom stereocenters. The van der Waals surface area contributed by atoms with Gasteiger partial charge in [0.2, 0.25) is 5.91 Å². The SMILES string of the molecule is COc1cccc(N2CCN(C(=O)Cn3nc(C)cc3C)CC2)c1. The summed E-state index contributed by atoms with van der Waals surface area (Å²) in [6, 6.07) is 10.0. The van der Waals surface area contributed by atoms with E-state index in [0.29, 0.717) is 6.54 Å². The molecule has 0 saturated carbocycles. The summed E-state index contributed by atoms with van der Waals surface area (Å²) in [7, 11) is 1.68. The van der Waals surface area contributed by atoms with Crippen LogP contribution in [0.4, 0.5) is 5.69 Å². The van der Waals surface area contributed by atoms with Gasteiger partial charge in [0.1, 0.15) is 12.3 Å². The lowest BCUT2D eigenvalue weighted by Gasteiger charge is -2.36. The van der Waals surface area contributed by atoms with E-state index in [9.17, 15) is 4.79 Å². The van der Waals surface area contributed by atoms with Gasteiger partial charge in [0, 0.05) is 43.6 Å². The second-order valence-electron chi connectivity index (χ2n) is 6.15. The third-order valence-electron chi connectivity index (χ3n) is 4.44. The molecule has 1 aliphatic heterocycles. The number of rotatable bonds is 4. The highest BCUT2D eigenvalue weighted by Gasteiger charge is 2.22. The highest BCUT2D eigenvalue weighted by molar-refractivity contribution is 5.76. The van der Waals surface area contributed by atoms with E-state index in [4.69, 9.17) is 4.74 Å². The molecular formula is C18H24N4O2. The molecule has 1 aromatic carbocycles. The van der Waals surface area contributed by atoms with Crippen molar-refractivity contribution in [3.8, 4) is 5.75 Å². The Balaban J connectivity index is 1.58. The molecule has 1 amide bonds. The first-order valence-corrected chi connectivity index (χ1v) is 8.24. The number of hydrogen-bond acceptors (Lipinski definition) is 4. The van der Waals surface area contributed by atoms with Gasteiger partial charge in [-0.2, -0.15) is 5.10 Å². The summed E-state index contributed by atoms with van der Waals surface area (Å²) in [6.07, 6.45) is 0. The van der Waals surface area contributed by atoms with E-state index >= 15 is 0 Å². The minimum atomic E-state index is 0.131. The molecule has 6 nitrogen and oxygen atoms in total. The molecule has 1 aliphatic rings. The largest absolute Gasteiger partial charge is 0.497 e. The zero-order chi connectivity index (χ0) is 17.1. The Morgan fingerprint density at radius 3 is 2.54 bits per heavy atom. The molecule has 128 valence electrons. The van der Waals surface area contributed by atoms with Crippen LogP contribution >= 0.6 is 0 Å². The van der Waals surface area contributed by atoms with Gasteiger partial charge in [-0.05, 0) is 32.0 Å². The van der Waals surface area contributed by atoms with Gasteiger partial charge in [0.15, 0.2) is 0 Å². The molecule has 1 fully saturated rings. The maximum atomic E-state index is 12.5. The molecule has 3 rings (SSSR count). The first-order chi connectivity index (χ1) is 11.6. The Kier molecular flexibility index (Phi) is 4.74. The summed E-state index contributed by atoms with van der Waals surface area (Å²) in [5.41, 5.74) is 3.11. The third kappa shape index (κ3) is 3.53. The molecule has 6 heteroatoms. The van der Waals surface area contributed by atoms with Crippen molar-refractivity contribution >= 4 is 11.6 Å². The molecule has 2 aromatic rings. The van der Waals surface area contributed by atoms with Crippen LogP contribution in [0, 0.1) is 13.8 Å². The smallest absolute Gasteiger partial charge is 0.244 e. The zero-order valence-electron chi connectivity index (χ0n) is 14.5. The average molecular weight is 328 g/mol.